The van der Waals surface area contributed by atoms with Crippen LogP contribution >= 0.6 is 0 Å². The number of para-hydroxylation sites is 1. The zero-order chi connectivity index (χ0) is 52.1. The van der Waals surface area contributed by atoms with Gasteiger partial charge in [-0.3, -0.25) is 9.55 Å². The van der Waals surface area contributed by atoms with Gasteiger partial charge < -0.3 is 5.11 Å². The fourth-order valence-corrected chi connectivity index (χ4v) is 10.7. The van der Waals surface area contributed by atoms with Crippen molar-refractivity contribution in [3.8, 4) is 78.6 Å². The van der Waals surface area contributed by atoms with Gasteiger partial charge >= 0.3 is 0 Å². The third kappa shape index (κ3) is 9.62. The number of rotatable bonds is 11. The minimum atomic E-state index is -0.341. The molecule has 1 unspecified atom stereocenters. The molecule has 2 heterocycles. The molecular formula is C70H69N3O. The maximum Gasteiger partial charge on any atom is 0.149 e. The Morgan fingerprint density at radius 2 is 0.973 bits per heavy atom. The molecule has 370 valence electrons. The molecule has 0 saturated heterocycles. The van der Waals surface area contributed by atoms with Crippen LogP contribution < -0.4 is 0 Å². The van der Waals surface area contributed by atoms with E-state index in [4.69, 9.17) is 9.97 Å². The van der Waals surface area contributed by atoms with Crippen LogP contribution in [0.1, 0.15) is 127 Å². The highest BCUT2D eigenvalue weighted by Gasteiger charge is 2.31. The third-order valence-corrected chi connectivity index (χ3v) is 14.9. The number of aromatic nitrogens is 3. The average molecular weight is 968 g/mol. The van der Waals surface area contributed by atoms with E-state index in [1.807, 2.05) is 0 Å². The monoisotopic (exact) mass is 968 g/mol. The molecule has 0 fully saturated rings. The van der Waals surface area contributed by atoms with Crippen LogP contribution in [0.5, 0.6) is 5.75 Å². The molecule has 0 aliphatic heterocycles. The lowest BCUT2D eigenvalue weighted by Gasteiger charge is -2.28. The van der Waals surface area contributed by atoms with Crippen LogP contribution in [-0.2, 0) is 10.8 Å². The molecule has 10 rings (SSSR count). The summed E-state index contributed by atoms with van der Waals surface area (Å²) < 4.78 is 2.38. The lowest BCUT2D eigenvalue weighted by molar-refractivity contribution is 0.446. The summed E-state index contributed by atoms with van der Waals surface area (Å²) in [6.45, 7) is 24.8. The molecule has 4 nitrogen and oxygen atoms in total. The number of nitrogens with zero attached hydrogens (tertiary/aromatic N) is 3. The Bertz CT molecular complexity index is 3600. The highest BCUT2D eigenvalue weighted by Crippen LogP contribution is 2.47. The Kier molecular flexibility index (Phi) is 13.4. The van der Waals surface area contributed by atoms with Crippen LogP contribution in [-0.4, -0.2) is 19.6 Å². The molecule has 2 aromatic heterocycles. The highest BCUT2D eigenvalue weighted by molar-refractivity contribution is 5.98. The van der Waals surface area contributed by atoms with Crippen LogP contribution in [0.4, 0.5) is 0 Å². The minimum Gasteiger partial charge on any atom is -0.507 e. The predicted molar refractivity (Wildman–Crippen MR) is 313 cm³/mol. The van der Waals surface area contributed by atoms with Crippen molar-refractivity contribution in [2.75, 3.05) is 0 Å². The number of fused-ring (bicyclic) bond motifs is 1. The number of pyridine rings is 1. The van der Waals surface area contributed by atoms with Gasteiger partial charge in [0.15, 0.2) is 0 Å². The van der Waals surface area contributed by atoms with E-state index in [2.05, 4.69) is 275 Å². The zero-order valence-corrected chi connectivity index (χ0v) is 45.0. The van der Waals surface area contributed by atoms with E-state index >= 15 is 0 Å². The van der Waals surface area contributed by atoms with Gasteiger partial charge in [-0.2, -0.15) is 0 Å². The zero-order valence-electron chi connectivity index (χ0n) is 45.0. The van der Waals surface area contributed by atoms with E-state index in [0.717, 1.165) is 83.9 Å². The number of phenols is 1. The molecule has 0 spiro atoms. The fourth-order valence-electron chi connectivity index (χ4n) is 10.7. The Morgan fingerprint density at radius 3 is 1.53 bits per heavy atom. The van der Waals surface area contributed by atoms with E-state index in [0.29, 0.717) is 0 Å². The standard InChI is InChI=1S/C70H69N3O/c1-44(2)57-38-52(49-29-20-14-21-30-49)39-58(45(3)4)66(57)73-64-34-24-33-56(65(64)72-68(73)60-40-55(69(6,7)8)41-62(67(60)74)70(9,10)11)53-35-51(48-27-18-13-19-28-48)36-54(37-53)63-42-59(46(5)47-25-16-12-17-26-47)61(43-71-63)50-31-22-15-23-32-50/h12-46,74H,1-11H3. The molecule has 1 atom stereocenters. The molecule has 0 radical (unpaired) electrons. The van der Waals surface area contributed by atoms with E-state index in [1.54, 1.807) is 0 Å². The van der Waals surface area contributed by atoms with E-state index < -0.39 is 0 Å². The number of aromatic hydroxyl groups is 1. The number of hydrogen-bond donors (Lipinski definition) is 1. The van der Waals surface area contributed by atoms with Gasteiger partial charge in [-0.25, -0.2) is 4.98 Å². The number of imidazole rings is 1. The first-order valence-corrected chi connectivity index (χ1v) is 26.4. The molecule has 1 N–H and O–H groups in total. The van der Waals surface area contributed by atoms with Gasteiger partial charge in [0.2, 0.25) is 0 Å². The van der Waals surface area contributed by atoms with Crippen LogP contribution in [0.3, 0.4) is 0 Å². The highest BCUT2D eigenvalue weighted by atomic mass is 16.3. The molecule has 8 aromatic carbocycles. The lowest BCUT2D eigenvalue weighted by Crippen LogP contribution is -2.17. The number of phenolic OH excluding ortho intramolecular Hbond substituents is 1. The Morgan fingerprint density at radius 1 is 0.446 bits per heavy atom. The van der Waals surface area contributed by atoms with E-state index in [1.165, 1.54) is 33.4 Å². The summed E-state index contributed by atoms with van der Waals surface area (Å²) in [6.07, 6.45) is 2.06. The largest absolute Gasteiger partial charge is 0.507 e. The van der Waals surface area contributed by atoms with Gasteiger partial charge in [0.05, 0.1) is 28.0 Å². The summed E-state index contributed by atoms with van der Waals surface area (Å²) >= 11 is 0. The lowest BCUT2D eigenvalue weighted by atomic mass is 9.78. The molecule has 0 aliphatic rings. The fraction of sp³-hybridized carbons (Fsp3) is 0.229. The second kappa shape index (κ2) is 19.9. The van der Waals surface area contributed by atoms with E-state index in [-0.39, 0.29) is 34.3 Å². The van der Waals surface area contributed by atoms with Gasteiger partial charge in [-0.15, -0.1) is 0 Å². The van der Waals surface area contributed by atoms with Crippen molar-refractivity contribution in [1.82, 2.24) is 14.5 Å². The molecular weight excluding hydrogens is 899 g/mol. The smallest absolute Gasteiger partial charge is 0.149 e. The van der Waals surface area contributed by atoms with Crippen molar-refractivity contribution in [3.63, 3.8) is 0 Å². The summed E-state index contributed by atoms with van der Waals surface area (Å²) in [5.41, 5.74) is 20.9. The first-order chi connectivity index (χ1) is 35.5. The Balaban J connectivity index is 1.28. The first-order valence-electron chi connectivity index (χ1n) is 26.4. The van der Waals surface area contributed by atoms with Crippen molar-refractivity contribution in [2.24, 2.45) is 0 Å². The quantitative estimate of drug-likeness (QED) is 0.141. The predicted octanol–water partition coefficient (Wildman–Crippen LogP) is 19.1. The van der Waals surface area contributed by atoms with Crippen LogP contribution in [0.25, 0.3) is 83.9 Å². The van der Waals surface area contributed by atoms with Crippen LogP contribution in [0, 0.1) is 0 Å². The number of hydrogen-bond acceptors (Lipinski definition) is 3. The van der Waals surface area contributed by atoms with Crippen molar-refractivity contribution < 1.29 is 5.11 Å². The summed E-state index contributed by atoms with van der Waals surface area (Å²) in [5.74, 6) is 1.43. The molecule has 0 bridgehead atoms. The van der Waals surface area contributed by atoms with E-state index in [9.17, 15) is 5.11 Å². The number of benzene rings is 8. The first kappa shape index (κ1) is 49.7. The third-order valence-electron chi connectivity index (χ3n) is 14.9. The second-order valence-electron chi connectivity index (χ2n) is 22.9. The summed E-state index contributed by atoms with van der Waals surface area (Å²) in [6, 6.07) is 67.7. The Hall–Kier alpha value is -7.82. The van der Waals surface area contributed by atoms with Crippen molar-refractivity contribution >= 4 is 11.0 Å². The molecule has 10 aromatic rings. The van der Waals surface area contributed by atoms with Crippen molar-refractivity contribution in [2.45, 2.75) is 105 Å². The Labute approximate surface area is 439 Å². The average Bonchev–Trinajstić information content (AvgIpc) is 3.80. The van der Waals surface area contributed by atoms with Crippen LogP contribution in [0.2, 0.25) is 0 Å². The SMILES string of the molecule is CC(C)c1cc(-c2ccccc2)cc(C(C)C)c1-n1c(-c2cc(C(C)(C)C)cc(C(C)(C)C)c2O)nc2c(-c3cc(-c4ccccc4)cc(-c4cc(C(C)c5ccccc5)c(-c5ccccc5)cn4)c3)cccc21. The summed E-state index contributed by atoms with van der Waals surface area (Å²) in [4.78, 5) is 11.1. The molecule has 74 heavy (non-hydrogen) atoms. The maximum absolute atomic E-state index is 12.8. The molecule has 4 heteroatoms. The van der Waals surface area contributed by atoms with Gasteiger partial charge in [-0.1, -0.05) is 216 Å². The van der Waals surface area contributed by atoms with Gasteiger partial charge in [0.1, 0.15) is 11.6 Å². The topological polar surface area (TPSA) is 50.9 Å². The van der Waals surface area contributed by atoms with Gasteiger partial charge in [0, 0.05) is 34.4 Å². The minimum absolute atomic E-state index is 0.112. The molecule has 0 amide bonds. The molecule has 0 aliphatic carbocycles. The van der Waals surface area contributed by atoms with Crippen molar-refractivity contribution in [3.05, 3.63) is 228 Å². The summed E-state index contributed by atoms with van der Waals surface area (Å²) in [7, 11) is 0. The summed E-state index contributed by atoms with van der Waals surface area (Å²) in [5, 5.41) is 12.8. The molecule has 0 saturated carbocycles. The maximum atomic E-state index is 12.8. The van der Waals surface area contributed by atoms with Gasteiger partial charge in [-0.05, 0) is 132 Å². The van der Waals surface area contributed by atoms with Gasteiger partial charge in [0.25, 0.3) is 0 Å². The van der Waals surface area contributed by atoms with Crippen molar-refractivity contribution in [1.29, 1.82) is 0 Å². The second-order valence-corrected chi connectivity index (χ2v) is 22.9. The van der Waals surface area contributed by atoms with Crippen LogP contribution in [0.15, 0.2) is 194 Å². The normalized spacial score (nSPS) is 12.5.